The Morgan fingerprint density at radius 1 is 0.778 bits per heavy atom. The molecule has 4 heteroatoms. The molecule has 0 fully saturated rings. The molecule has 0 aliphatic rings. The van der Waals surface area contributed by atoms with Gasteiger partial charge in [0.2, 0.25) is 11.8 Å². The van der Waals surface area contributed by atoms with Gasteiger partial charge in [0.15, 0.2) is 0 Å². The predicted molar refractivity (Wildman–Crippen MR) is 111 cm³/mol. The number of hydrogen-bond donors (Lipinski definition) is 2. The maximum absolute atomic E-state index is 12.2. The number of nitrogens with one attached hydrogen (secondary N) is 2. The number of carbonyl (C=O) groups excluding carboxylic acids is 2. The summed E-state index contributed by atoms with van der Waals surface area (Å²) in [7, 11) is 0. The molecule has 2 unspecified atom stereocenters. The number of anilines is 1. The molecule has 2 N–H and O–H groups in total. The van der Waals surface area contributed by atoms with Crippen molar-refractivity contribution in [3.8, 4) is 0 Å². The van der Waals surface area contributed by atoms with Gasteiger partial charge in [-0.2, -0.15) is 0 Å². The first-order chi connectivity index (χ1) is 12.8. The van der Waals surface area contributed by atoms with Crippen molar-refractivity contribution in [1.82, 2.24) is 5.32 Å². The number of hydrogen-bond acceptors (Lipinski definition) is 2. The lowest BCUT2D eigenvalue weighted by molar-refractivity contribution is -0.123. The van der Waals surface area contributed by atoms with E-state index < -0.39 is 0 Å². The Kier molecular flexibility index (Phi) is 7.59. The zero-order chi connectivity index (χ0) is 19.8. The monoisotopic (exact) mass is 366 g/mol. The minimum atomic E-state index is -0.0660. The molecule has 0 aliphatic heterocycles. The van der Waals surface area contributed by atoms with Crippen molar-refractivity contribution in [1.29, 1.82) is 0 Å². The van der Waals surface area contributed by atoms with E-state index in [9.17, 15) is 9.59 Å². The van der Waals surface area contributed by atoms with E-state index in [2.05, 4.69) is 24.5 Å². The fraction of sp³-hybridized carbons (Fsp3) is 0.391. The second-order valence-corrected chi connectivity index (χ2v) is 7.54. The van der Waals surface area contributed by atoms with Crippen LogP contribution in [0.25, 0.3) is 0 Å². The summed E-state index contributed by atoms with van der Waals surface area (Å²) >= 11 is 0. The van der Waals surface area contributed by atoms with Crippen LogP contribution in [0.5, 0.6) is 0 Å². The normalized spacial score (nSPS) is 13.1. The molecule has 2 aromatic rings. The third kappa shape index (κ3) is 6.89. The zero-order valence-corrected chi connectivity index (χ0v) is 16.7. The summed E-state index contributed by atoms with van der Waals surface area (Å²) in [6.07, 6.45) is 0.649. The van der Waals surface area contributed by atoms with Gasteiger partial charge in [-0.3, -0.25) is 9.59 Å². The van der Waals surface area contributed by atoms with Crippen LogP contribution in [-0.4, -0.2) is 11.8 Å². The van der Waals surface area contributed by atoms with Gasteiger partial charge in [0.1, 0.15) is 0 Å². The molecule has 2 rings (SSSR count). The van der Waals surface area contributed by atoms with Gasteiger partial charge in [0, 0.05) is 18.5 Å². The van der Waals surface area contributed by atoms with Crippen molar-refractivity contribution < 1.29 is 9.59 Å². The number of rotatable bonds is 8. The molecule has 0 heterocycles. The molecular weight excluding hydrogens is 336 g/mol. The van der Waals surface area contributed by atoms with Crippen molar-refractivity contribution in [2.75, 3.05) is 5.32 Å². The van der Waals surface area contributed by atoms with E-state index in [1.807, 2.05) is 68.4 Å². The molecule has 2 atom stereocenters. The van der Waals surface area contributed by atoms with Crippen molar-refractivity contribution in [2.24, 2.45) is 5.92 Å². The lowest BCUT2D eigenvalue weighted by Crippen LogP contribution is -2.28. The quantitative estimate of drug-likeness (QED) is 0.687. The highest BCUT2D eigenvalue weighted by molar-refractivity contribution is 5.91. The fourth-order valence-corrected chi connectivity index (χ4v) is 2.99. The van der Waals surface area contributed by atoms with Crippen molar-refractivity contribution in [3.05, 3.63) is 65.7 Å². The first-order valence-corrected chi connectivity index (χ1v) is 9.59. The Hall–Kier alpha value is -2.62. The number of amides is 2. The number of carbonyl (C=O) groups is 2. The van der Waals surface area contributed by atoms with Gasteiger partial charge in [-0.15, -0.1) is 0 Å². The molecule has 0 saturated heterocycles. The van der Waals surface area contributed by atoms with E-state index in [0.29, 0.717) is 18.8 Å². The summed E-state index contributed by atoms with van der Waals surface area (Å²) < 4.78 is 0. The minimum absolute atomic E-state index is 0.0251. The first kappa shape index (κ1) is 20.7. The van der Waals surface area contributed by atoms with Crippen LogP contribution >= 0.6 is 0 Å². The molecule has 0 aliphatic carbocycles. The molecule has 144 valence electrons. The Balaban J connectivity index is 1.77. The summed E-state index contributed by atoms with van der Waals surface area (Å²) in [5, 5.41) is 5.90. The van der Waals surface area contributed by atoms with Crippen LogP contribution in [0.1, 0.15) is 63.6 Å². The van der Waals surface area contributed by atoms with Crippen molar-refractivity contribution in [3.63, 3.8) is 0 Å². The summed E-state index contributed by atoms with van der Waals surface area (Å²) in [5.41, 5.74) is 3.10. The molecule has 0 bridgehead atoms. The molecule has 0 radical (unpaired) electrons. The van der Waals surface area contributed by atoms with Gasteiger partial charge in [-0.05, 0) is 42.0 Å². The predicted octanol–water partition coefficient (Wildman–Crippen LogP) is 5.04. The van der Waals surface area contributed by atoms with Gasteiger partial charge in [0.05, 0.1) is 6.04 Å². The third-order valence-corrected chi connectivity index (χ3v) is 4.61. The highest BCUT2D eigenvalue weighted by atomic mass is 16.2. The highest BCUT2D eigenvalue weighted by Gasteiger charge is 2.16. The second kappa shape index (κ2) is 9.91. The standard InChI is InChI=1S/C23H30N2O2/c1-16(2)19-10-12-21(13-11-19)25-23(27)15-17(3)14-22(26)24-18(4)20-8-6-5-7-9-20/h5-13,16-18H,14-15H2,1-4H3,(H,24,26)(H,25,27). The summed E-state index contributed by atoms with van der Waals surface area (Å²) in [5.74, 6) is 0.339. The maximum atomic E-state index is 12.2. The van der Waals surface area contributed by atoms with Gasteiger partial charge < -0.3 is 10.6 Å². The summed E-state index contributed by atoms with van der Waals surface area (Å²) in [6, 6.07) is 17.7. The molecule has 0 aromatic heterocycles. The number of benzene rings is 2. The molecule has 4 nitrogen and oxygen atoms in total. The largest absolute Gasteiger partial charge is 0.350 e. The van der Waals surface area contributed by atoms with Crippen LogP contribution in [0.15, 0.2) is 54.6 Å². The molecule has 27 heavy (non-hydrogen) atoms. The zero-order valence-electron chi connectivity index (χ0n) is 16.7. The van der Waals surface area contributed by atoms with E-state index in [0.717, 1.165) is 11.3 Å². The van der Waals surface area contributed by atoms with Gasteiger partial charge in [0.25, 0.3) is 0 Å². The first-order valence-electron chi connectivity index (χ1n) is 9.59. The van der Waals surface area contributed by atoms with Crippen molar-refractivity contribution >= 4 is 17.5 Å². The van der Waals surface area contributed by atoms with Gasteiger partial charge in [-0.25, -0.2) is 0 Å². The van der Waals surface area contributed by atoms with Crippen LogP contribution in [-0.2, 0) is 9.59 Å². The average Bonchev–Trinajstić information content (AvgIpc) is 2.62. The Labute approximate surface area is 162 Å². The van der Waals surface area contributed by atoms with Crippen LogP contribution < -0.4 is 10.6 Å². The van der Waals surface area contributed by atoms with Crippen LogP contribution in [0.3, 0.4) is 0 Å². The van der Waals surface area contributed by atoms with Crippen LogP contribution in [0.4, 0.5) is 5.69 Å². The van der Waals surface area contributed by atoms with Crippen LogP contribution in [0.2, 0.25) is 0 Å². The fourth-order valence-electron chi connectivity index (χ4n) is 2.99. The van der Waals surface area contributed by atoms with Crippen molar-refractivity contribution in [2.45, 2.75) is 52.5 Å². The lowest BCUT2D eigenvalue weighted by atomic mass is 10.0. The topological polar surface area (TPSA) is 58.2 Å². The van der Waals surface area contributed by atoms with E-state index in [4.69, 9.17) is 0 Å². The van der Waals surface area contributed by atoms with Crippen LogP contribution in [0, 0.1) is 5.92 Å². The highest BCUT2D eigenvalue weighted by Crippen LogP contribution is 2.18. The molecule has 2 aromatic carbocycles. The Morgan fingerprint density at radius 3 is 1.96 bits per heavy atom. The molecule has 0 saturated carbocycles. The second-order valence-electron chi connectivity index (χ2n) is 7.54. The maximum Gasteiger partial charge on any atom is 0.224 e. The summed E-state index contributed by atoms with van der Waals surface area (Å²) in [4.78, 5) is 24.5. The smallest absolute Gasteiger partial charge is 0.224 e. The third-order valence-electron chi connectivity index (χ3n) is 4.61. The van der Waals surface area contributed by atoms with E-state index >= 15 is 0 Å². The van der Waals surface area contributed by atoms with E-state index in [-0.39, 0.29) is 23.8 Å². The van der Waals surface area contributed by atoms with E-state index in [1.54, 1.807) is 0 Å². The Morgan fingerprint density at radius 2 is 1.37 bits per heavy atom. The van der Waals surface area contributed by atoms with E-state index in [1.165, 1.54) is 5.56 Å². The van der Waals surface area contributed by atoms with Gasteiger partial charge >= 0.3 is 0 Å². The average molecular weight is 367 g/mol. The molecule has 2 amide bonds. The van der Waals surface area contributed by atoms with Gasteiger partial charge in [-0.1, -0.05) is 63.2 Å². The Bertz CT molecular complexity index is 739. The lowest BCUT2D eigenvalue weighted by Gasteiger charge is -2.16. The molecule has 0 spiro atoms. The molecular formula is C23H30N2O2. The minimum Gasteiger partial charge on any atom is -0.350 e. The summed E-state index contributed by atoms with van der Waals surface area (Å²) in [6.45, 7) is 8.16. The SMILES string of the molecule is CC(CC(=O)Nc1ccc(C(C)C)cc1)CC(=O)NC(C)c1ccccc1.